The number of H-pyrrole nitrogens is 2. The number of nitrogens with one attached hydrogen (secondary N) is 2. The van der Waals surface area contributed by atoms with Gasteiger partial charge in [-0.1, -0.05) is 26.7 Å². The van der Waals surface area contributed by atoms with Crippen molar-refractivity contribution in [2.75, 3.05) is 0 Å². The maximum absolute atomic E-state index is 11.6. The van der Waals surface area contributed by atoms with Gasteiger partial charge in [-0.05, 0) is 34.4 Å². The van der Waals surface area contributed by atoms with Crippen LogP contribution in [-0.2, 0) is 12.8 Å². The van der Waals surface area contributed by atoms with E-state index in [1.165, 1.54) is 33.7 Å². The van der Waals surface area contributed by atoms with Crippen LogP contribution in [-0.4, -0.2) is 19.9 Å². The van der Waals surface area contributed by atoms with E-state index < -0.39 is 0 Å². The number of aromatic nitrogens is 4. The Morgan fingerprint density at radius 2 is 1.27 bits per heavy atom. The zero-order chi connectivity index (χ0) is 15.9. The fourth-order valence-electron chi connectivity index (χ4n) is 1.89. The van der Waals surface area contributed by atoms with Crippen molar-refractivity contribution >= 4 is 21.6 Å². The van der Waals surface area contributed by atoms with E-state index in [4.69, 9.17) is 0 Å². The standard InChI is InChI=1S/C14H18N4O2S2/c1-3-5-9-7-11(19)17-13(15-9)21-22-14-16-10(6-4-2)8-12(20)18-14/h7-8H,3-6H2,1-2H3,(H,15,17,19)(H,16,18,20). The summed E-state index contributed by atoms with van der Waals surface area (Å²) in [6.07, 6.45) is 3.40. The minimum atomic E-state index is -0.164. The molecule has 0 bridgehead atoms. The second-order valence-electron chi connectivity index (χ2n) is 4.75. The van der Waals surface area contributed by atoms with Crippen molar-refractivity contribution in [3.05, 3.63) is 44.2 Å². The van der Waals surface area contributed by atoms with Gasteiger partial charge in [-0.15, -0.1) is 0 Å². The van der Waals surface area contributed by atoms with Crippen LogP contribution < -0.4 is 11.1 Å². The maximum atomic E-state index is 11.6. The molecular formula is C14H18N4O2S2. The predicted molar refractivity (Wildman–Crippen MR) is 89.4 cm³/mol. The summed E-state index contributed by atoms with van der Waals surface area (Å²) in [4.78, 5) is 37.3. The highest BCUT2D eigenvalue weighted by Crippen LogP contribution is 2.32. The van der Waals surface area contributed by atoms with E-state index >= 15 is 0 Å². The fourth-order valence-corrected chi connectivity index (χ4v) is 3.59. The average Bonchev–Trinajstić information content (AvgIpc) is 2.45. The maximum Gasteiger partial charge on any atom is 0.251 e. The number of rotatable bonds is 7. The molecule has 0 aliphatic carbocycles. The van der Waals surface area contributed by atoms with E-state index in [0.29, 0.717) is 10.3 Å². The Kier molecular flexibility index (Phi) is 6.26. The number of aromatic amines is 2. The summed E-state index contributed by atoms with van der Waals surface area (Å²) in [7, 11) is 2.56. The van der Waals surface area contributed by atoms with Gasteiger partial charge in [0, 0.05) is 23.5 Å². The molecule has 22 heavy (non-hydrogen) atoms. The van der Waals surface area contributed by atoms with Gasteiger partial charge in [-0.2, -0.15) is 0 Å². The highest BCUT2D eigenvalue weighted by Gasteiger charge is 2.06. The molecule has 0 unspecified atom stereocenters. The van der Waals surface area contributed by atoms with Gasteiger partial charge >= 0.3 is 0 Å². The zero-order valence-corrected chi connectivity index (χ0v) is 14.1. The van der Waals surface area contributed by atoms with Crippen LogP contribution in [0.3, 0.4) is 0 Å². The number of hydrogen-bond acceptors (Lipinski definition) is 6. The van der Waals surface area contributed by atoms with Crippen LogP contribution in [0.5, 0.6) is 0 Å². The minimum absolute atomic E-state index is 0.164. The second kappa shape index (κ2) is 8.19. The molecule has 0 amide bonds. The highest BCUT2D eigenvalue weighted by atomic mass is 33.1. The molecule has 0 spiro atoms. The van der Waals surface area contributed by atoms with Crippen LogP contribution in [0, 0.1) is 0 Å². The molecule has 2 rings (SSSR count). The van der Waals surface area contributed by atoms with Crippen LogP contribution >= 0.6 is 21.6 Å². The van der Waals surface area contributed by atoms with E-state index in [1.807, 2.05) is 13.8 Å². The molecule has 0 aliphatic rings. The molecule has 118 valence electrons. The third-order valence-electron chi connectivity index (χ3n) is 2.76. The first-order chi connectivity index (χ1) is 10.6. The molecule has 2 N–H and O–H groups in total. The van der Waals surface area contributed by atoms with Gasteiger partial charge in [0.25, 0.3) is 11.1 Å². The quantitative estimate of drug-likeness (QED) is 0.595. The molecule has 2 aromatic heterocycles. The lowest BCUT2D eigenvalue weighted by atomic mass is 10.2. The lowest BCUT2D eigenvalue weighted by Crippen LogP contribution is -2.10. The first-order valence-corrected chi connectivity index (χ1v) is 9.30. The van der Waals surface area contributed by atoms with E-state index in [9.17, 15) is 9.59 Å². The lowest BCUT2D eigenvalue weighted by Gasteiger charge is -2.04. The minimum Gasteiger partial charge on any atom is -0.301 e. The zero-order valence-electron chi connectivity index (χ0n) is 12.5. The molecule has 0 radical (unpaired) electrons. The normalized spacial score (nSPS) is 10.8. The molecule has 0 atom stereocenters. The molecule has 0 saturated carbocycles. The van der Waals surface area contributed by atoms with Gasteiger partial charge in [-0.3, -0.25) is 9.59 Å². The second-order valence-corrected chi connectivity index (χ2v) is 6.86. The number of hydrogen-bond donors (Lipinski definition) is 2. The highest BCUT2D eigenvalue weighted by molar-refractivity contribution is 8.76. The summed E-state index contributed by atoms with van der Waals surface area (Å²) < 4.78 is 0. The molecule has 0 aliphatic heterocycles. The largest absolute Gasteiger partial charge is 0.301 e. The van der Waals surface area contributed by atoms with Crippen LogP contribution in [0.2, 0.25) is 0 Å². The van der Waals surface area contributed by atoms with Gasteiger partial charge in [-0.25, -0.2) is 9.97 Å². The van der Waals surface area contributed by atoms with Crippen LogP contribution in [0.4, 0.5) is 0 Å². The Bertz CT molecular complexity index is 679. The van der Waals surface area contributed by atoms with Gasteiger partial charge in [0.15, 0.2) is 10.3 Å². The Morgan fingerprint density at radius 1 is 0.864 bits per heavy atom. The molecule has 0 aromatic carbocycles. The smallest absolute Gasteiger partial charge is 0.251 e. The van der Waals surface area contributed by atoms with Gasteiger partial charge in [0.2, 0.25) is 0 Å². The third-order valence-corrected chi connectivity index (χ3v) is 4.74. The predicted octanol–water partition coefficient (Wildman–Crippen LogP) is 2.56. The first-order valence-electron chi connectivity index (χ1n) is 7.15. The van der Waals surface area contributed by atoms with Gasteiger partial charge in [0.1, 0.15) is 0 Å². The van der Waals surface area contributed by atoms with Crippen molar-refractivity contribution in [1.29, 1.82) is 0 Å². The molecule has 2 heterocycles. The SMILES string of the molecule is CCCc1cc(=O)[nH]c(SSc2nc(CCC)cc(=O)[nH]2)n1. The fraction of sp³-hybridized carbons (Fsp3) is 0.429. The average molecular weight is 338 g/mol. The van der Waals surface area contributed by atoms with Crippen molar-refractivity contribution in [2.24, 2.45) is 0 Å². The monoisotopic (exact) mass is 338 g/mol. The van der Waals surface area contributed by atoms with E-state index in [2.05, 4.69) is 19.9 Å². The van der Waals surface area contributed by atoms with Gasteiger partial charge in [0.05, 0.1) is 0 Å². The molecule has 0 saturated heterocycles. The Balaban J connectivity index is 2.12. The summed E-state index contributed by atoms with van der Waals surface area (Å²) in [5.74, 6) is 0. The summed E-state index contributed by atoms with van der Waals surface area (Å²) in [6, 6.07) is 3.03. The van der Waals surface area contributed by atoms with Crippen LogP contribution in [0.1, 0.15) is 38.1 Å². The third kappa shape index (κ3) is 5.03. The summed E-state index contributed by atoms with van der Waals surface area (Å²) in [6.45, 7) is 4.08. The lowest BCUT2D eigenvalue weighted by molar-refractivity contribution is 0.815. The van der Waals surface area contributed by atoms with Gasteiger partial charge < -0.3 is 9.97 Å². The van der Waals surface area contributed by atoms with Crippen LogP contribution in [0.15, 0.2) is 32.0 Å². The van der Waals surface area contributed by atoms with E-state index in [1.54, 1.807) is 0 Å². The summed E-state index contributed by atoms with van der Waals surface area (Å²) in [5, 5.41) is 1.04. The van der Waals surface area contributed by atoms with E-state index in [0.717, 1.165) is 37.1 Å². The van der Waals surface area contributed by atoms with E-state index in [-0.39, 0.29) is 11.1 Å². The van der Waals surface area contributed by atoms with Crippen molar-refractivity contribution in [2.45, 2.75) is 49.8 Å². The Hall–Kier alpha value is -1.54. The first kappa shape index (κ1) is 16.8. The number of nitrogens with zero attached hydrogens (tertiary/aromatic N) is 2. The molecule has 2 aromatic rings. The Morgan fingerprint density at radius 3 is 1.64 bits per heavy atom. The topological polar surface area (TPSA) is 91.5 Å². The van der Waals surface area contributed by atoms with Crippen molar-refractivity contribution in [1.82, 2.24) is 19.9 Å². The molecular weight excluding hydrogens is 320 g/mol. The van der Waals surface area contributed by atoms with Crippen molar-refractivity contribution in [3.8, 4) is 0 Å². The molecule has 8 heteroatoms. The summed E-state index contributed by atoms with van der Waals surface area (Å²) >= 11 is 0. The van der Waals surface area contributed by atoms with Crippen LogP contribution in [0.25, 0.3) is 0 Å². The van der Waals surface area contributed by atoms with Crippen molar-refractivity contribution < 1.29 is 0 Å². The van der Waals surface area contributed by atoms with Crippen molar-refractivity contribution in [3.63, 3.8) is 0 Å². The molecule has 6 nitrogen and oxygen atoms in total. The summed E-state index contributed by atoms with van der Waals surface area (Å²) in [5.41, 5.74) is 1.22. The Labute approximate surface area is 136 Å². The number of aryl methyl sites for hydroxylation is 2. The molecule has 0 fully saturated rings.